The highest BCUT2D eigenvalue weighted by molar-refractivity contribution is 7.91. The normalized spacial score (nSPS) is 12.3. The number of rotatable bonds is 7. The van der Waals surface area contributed by atoms with Crippen LogP contribution in [-0.4, -0.2) is 43.5 Å². The Balaban J connectivity index is 1.80. The third-order valence-electron chi connectivity index (χ3n) is 5.41. The van der Waals surface area contributed by atoms with Crippen molar-refractivity contribution in [2.75, 3.05) is 18.7 Å². The minimum Gasteiger partial charge on any atom is -0.493 e. The maximum absolute atomic E-state index is 13.6. The maximum atomic E-state index is 13.6. The van der Waals surface area contributed by atoms with Gasteiger partial charge in [-0.25, -0.2) is 8.99 Å². The lowest BCUT2D eigenvalue weighted by Gasteiger charge is -2.16. The molecule has 0 spiro atoms. The van der Waals surface area contributed by atoms with Gasteiger partial charge in [-0.2, -0.15) is 10.4 Å². The van der Waals surface area contributed by atoms with Crippen LogP contribution in [0.2, 0.25) is 0 Å². The Morgan fingerprint density at radius 2 is 1.95 bits per heavy atom. The first-order chi connectivity index (χ1) is 17.6. The fourth-order valence-electron chi connectivity index (χ4n) is 3.56. The minimum atomic E-state index is -2.98. The van der Waals surface area contributed by atoms with Crippen LogP contribution in [0.1, 0.15) is 21.5 Å². The molecule has 12 heteroatoms. The highest BCUT2D eigenvalue weighted by Crippen LogP contribution is 2.35. The van der Waals surface area contributed by atoms with Gasteiger partial charge < -0.3 is 14.8 Å². The molecule has 2 heterocycles. The van der Waals surface area contributed by atoms with Gasteiger partial charge in [-0.15, -0.1) is 10.2 Å². The molecule has 4 rings (SSSR count). The summed E-state index contributed by atoms with van der Waals surface area (Å²) in [5.41, 5.74) is 2.19. The molecule has 0 radical (unpaired) electrons. The average Bonchev–Trinajstić information content (AvgIpc) is 3.29. The van der Waals surface area contributed by atoms with E-state index in [2.05, 4.69) is 20.6 Å². The lowest BCUT2D eigenvalue weighted by molar-refractivity contribution is 0.102. The quantitative estimate of drug-likeness (QED) is 0.370. The van der Waals surface area contributed by atoms with Crippen LogP contribution in [-0.2, 0) is 16.8 Å². The molecule has 4 aromatic rings. The molecule has 1 amide bonds. The van der Waals surface area contributed by atoms with Crippen LogP contribution in [0.15, 0.2) is 59.6 Å². The third kappa shape index (κ3) is 5.41. The molecule has 0 aliphatic rings. The van der Waals surface area contributed by atoms with E-state index in [1.54, 1.807) is 61.2 Å². The fraction of sp³-hybridized carbons (Fsp3) is 0.160. The summed E-state index contributed by atoms with van der Waals surface area (Å²) < 4.78 is 33.0. The molecule has 0 aliphatic heterocycles. The Bertz CT molecular complexity index is 1660. The summed E-state index contributed by atoms with van der Waals surface area (Å²) in [5.74, 6) is -0.137. The maximum Gasteiger partial charge on any atom is 0.261 e. The molecule has 2 aromatic heterocycles. The van der Waals surface area contributed by atoms with Crippen molar-refractivity contribution < 1.29 is 18.5 Å². The molecule has 188 valence electrons. The number of nitriles is 1. The monoisotopic (exact) mass is 517 g/mol. The van der Waals surface area contributed by atoms with E-state index in [1.807, 2.05) is 6.07 Å². The van der Waals surface area contributed by atoms with E-state index in [1.165, 1.54) is 25.5 Å². The van der Waals surface area contributed by atoms with Gasteiger partial charge in [0.1, 0.15) is 17.0 Å². The van der Waals surface area contributed by atoms with E-state index in [4.69, 9.17) is 14.3 Å². The lowest BCUT2D eigenvalue weighted by atomic mass is 10.1. The Hall–Kier alpha value is -4.76. The zero-order chi connectivity index (χ0) is 26.7. The Kier molecular flexibility index (Phi) is 6.90. The first-order valence-corrected chi connectivity index (χ1v) is 12.9. The van der Waals surface area contributed by atoms with Crippen LogP contribution in [0, 0.1) is 23.0 Å². The number of carbonyl (C=O) groups excluding carboxylic acids is 1. The smallest absolute Gasteiger partial charge is 0.261 e. The lowest BCUT2D eigenvalue weighted by Crippen LogP contribution is -2.17. The number of aryl methyl sites for hydroxylation is 1. The standard InChI is InChI=1S/C25H23N7O4S/c1-15-22(24(33)28-17-6-5-7-18(13-17)37(4,27)34)25(30-29-23(15)19-10-11-32(2)31-19)36-20-9-8-16(14-26)12-21(20)35-3/h5-13,27H,1-4H3,(H,28,33). The number of benzene rings is 2. The minimum absolute atomic E-state index is 0.0892. The second-order valence-electron chi connectivity index (χ2n) is 8.13. The van der Waals surface area contributed by atoms with Gasteiger partial charge in [-0.05, 0) is 48.9 Å². The van der Waals surface area contributed by atoms with Crippen molar-refractivity contribution in [1.29, 1.82) is 10.0 Å². The summed E-state index contributed by atoms with van der Waals surface area (Å²) in [4.78, 5) is 13.9. The van der Waals surface area contributed by atoms with Crippen LogP contribution in [0.3, 0.4) is 0 Å². The molecule has 1 unspecified atom stereocenters. The predicted molar refractivity (Wildman–Crippen MR) is 136 cm³/mol. The van der Waals surface area contributed by atoms with Gasteiger partial charge in [-0.1, -0.05) is 6.07 Å². The van der Waals surface area contributed by atoms with E-state index in [0.717, 1.165) is 0 Å². The van der Waals surface area contributed by atoms with Crippen molar-refractivity contribution in [3.05, 3.63) is 71.4 Å². The third-order valence-corrected chi connectivity index (χ3v) is 6.56. The molecule has 0 saturated heterocycles. The first kappa shape index (κ1) is 25.3. The number of amides is 1. The van der Waals surface area contributed by atoms with Gasteiger partial charge in [0.15, 0.2) is 11.5 Å². The molecule has 0 bridgehead atoms. The van der Waals surface area contributed by atoms with Gasteiger partial charge in [0, 0.05) is 36.1 Å². The van der Waals surface area contributed by atoms with E-state index in [9.17, 15) is 14.3 Å². The number of ether oxygens (including phenoxy) is 2. The molecule has 0 fully saturated rings. The van der Waals surface area contributed by atoms with Crippen LogP contribution >= 0.6 is 0 Å². The summed E-state index contributed by atoms with van der Waals surface area (Å²) >= 11 is 0. The molecule has 1 atom stereocenters. The SMILES string of the molecule is COc1cc(C#N)ccc1Oc1nnc(-c2ccn(C)n2)c(C)c1C(=O)Nc1cccc(S(C)(=N)=O)c1. The van der Waals surface area contributed by atoms with Crippen molar-refractivity contribution in [1.82, 2.24) is 20.0 Å². The van der Waals surface area contributed by atoms with Crippen LogP contribution in [0.4, 0.5) is 5.69 Å². The second-order valence-corrected chi connectivity index (χ2v) is 10.3. The number of nitrogens with one attached hydrogen (secondary N) is 2. The summed E-state index contributed by atoms with van der Waals surface area (Å²) in [6, 6.07) is 14.7. The van der Waals surface area contributed by atoms with E-state index >= 15 is 0 Å². The Morgan fingerprint density at radius 3 is 2.59 bits per heavy atom. The van der Waals surface area contributed by atoms with Gasteiger partial charge >= 0.3 is 0 Å². The highest BCUT2D eigenvalue weighted by atomic mass is 32.2. The van der Waals surface area contributed by atoms with Crippen molar-refractivity contribution in [2.24, 2.45) is 7.05 Å². The number of hydrogen-bond acceptors (Lipinski definition) is 9. The fourth-order valence-corrected chi connectivity index (χ4v) is 4.25. The summed E-state index contributed by atoms with van der Waals surface area (Å²) in [7, 11) is 0.215. The number of aromatic nitrogens is 4. The average molecular weight is 518 g/mol. The number of methoxy groups -OCH3 is 1. The van der Waals surface area contributed by atoms with Crippen LogP contribution in [0.5, 0.6) is 17.4 Å². The summed E-state index contributed by atoms with van der Waals surface area (Å²) in [6.45, 7) is 1.70. The molecular weight excluding hydrogens is 494 g/mol. The number of carbonyl (C=O) groups is 1. The largest absolute Gasteiger partial charge is 0.493 e. The molecule has 11 nitrogen and oxygen atoms in total. The van der Waals surface area contributed by atoms with Gasteiger partial charge in [0.05, 0.1) is 28.5 Å². The van der Waals surface area contributed by atoms with Crippen LogP contribution in [0.25, 0.3) is 11.4 Å². The van der Waals surface area contributed by atoms with Crippen molar-refractivity contribution in [2.45, 2.75) is 11.8 Å². The molecule has 0 aliphatic carbocycles. The topological polar surface area (TPSA) is 156 Å². The van der Waals surface area contributed by atoms with E-state index in [0.29, 0.717) is 28.2 Å². The van der Waals surface area contributed by atoms with E-state index < -0.39 is 15.6 Å². The highest BCUT2D eigenvalue weighted by Gasteiger charge is 2.24. The second kappa shape index (κ2) is 10.1. The van der Waals surface area contributed by atoms with Crippen LogP contribution < -0.4 is 14.8 Å². The molecule has 2 N–H and O–H groups in total. The predicted octanol–water partition coefficient (Wildman–Crippen LogP) is 4.15. The molecule has 37 heavy (non-hydrogen) atoms. The van der Waals surface area contributed by atoms with Crippen molar-refractivity contribution in [3.8, 4) is 34.8 Å². The molecule has 0 saturated carbocycles. The summed E-state index contributed by atoms with van der Waals surface area (Å²) in [5, 5.41) is 24.8. The first-order valence-electron chi connectivity index (χ1n) is 10.9. The van der Waals surface area contributed by atoms with E-state index in [-0.39, 0.29) is 27.8 Å². The van der Waals surface area contributed by atoms with Crippen molar-refractivity contribution >= 4 is 21.3 Å². The summed E-state index contributed by atoms with van der Waals surface area (Å²) in [6.07, 6.45) is 3.05. The molecular formula is C25H23N7O4S. The van der Waals surface area contributed by atoms with Gasteiger partial charge in [-0.3, -0.25) is 9.48 Å². The Morgan fingerprint density at radius 1 is 1.16 bits per heavy atom. The molecule has 2 aromatic carbocycles. The Labute approximate surface area is 213 Å². The zero-order valence-corrected chi connectivity index (χ0v) is 21.3. The van der Waals surface area contributed by atoms with Crippen molar-refractivity contribution in [3.63, 3.8) is 0 Å². The van der Waals surface area contributed by atoms with Gasteiger partial charge in [0.25, 0.3) is 11.8 Å². The van der Waals surface area contributed by atoms with Gasteiger partial charge in [0.2, 0.25) is 0 Å². The number of nitrogens with zero attached hydrogens (tertiary/aromatic N) is 5. The zero-order valence-electron chi connectivity index (χ0n) is 20.5. The number of anilines is 1. The number of hydrogen-bond donors (Lipinski definition) is 2.